The maximum Gasteiger partial charge on any atom is 0.0834 e. The SMILES string of the molecule is Cc1nn(Cc2ccc(Br)cn2)c(C)c1CNC1CC1. The molecular formula is C15H19BrN4. The molecule has 0 bridgehead atoms. The predicted octanol–water partition coefficient (Wildman–Crippen LogP) is 2.96. The standard InChI is InChI=1S/C15H19BrN4/c1-10-15(8-18-13-5-6-13)11(2)20(19-10)9-14-4-3-12(16)7-17-14/h3-4,7,13,18H,5-6,8-9H2,1-2H3. The zero-order valence-electron chi connectivity index (χ0n) is 11.9. The number of nitrogens with zero attached hydrogens (tertiary/aromatic N) is 3. The topological polar surface area (TPSA) is 42.7 Å². The van der Waals surface area contributed by atoms with E-state index in [1.165, 1.54) is 24.1 Å². The summed E-state index contributed by atoms with van der Waals surface area (Å²) in [5.74, 6) is 0. The van der Waals surface area contributed by atoms with Crippen molar-refractivity contribution in [3.05, 3.63) is 45.4 Å². The van der Waals surface area contributed by atoms with Gasteiger partial charge >= 0.3 is 0 Å². The first-order valence-electron chi connectivity index (χ1n) is 7.00. The van der Waals surface area contributed by atoms with E-state index in [4.69, 9.17) is 0 Å². The number of halogens is 1. The van der Waals surface area contributed by atoms with Gasteiger partial charge in [-0.15, -0.1) is 0 Å². The van der Waals surface area contributed by atoms with Gasteiger partial charge in [-0.3, -0.25) is 9.67 Å². The van der Waals surface area contributed by atoms with Crippen LogP contribution in [-0.4, -0.2) is 20.8 Å². The summed E-state index contributed by atoms with van der Waals surface area (Å²) in [7, 11) is 0. The fourth-order valence-electron chi connectivity index (χ4n) is 2.33. The van der Waals surface area contributed by atoms with Crippen molar-refractivity contribution in [1.29, 1.82) is 0 Å². The number of hydrogen-bond donors (Lipinski definition) is 1. The molecule has 3 rings (SSSR count). The minimum Gasteiger partial charge on any atom is -0.310 e. The molecule has 0 spiro atoms. The van der Waals surface area contributed by atoms with Crippen molar-refractivity contribution in [2.75, 3.05) is 0 Å². The highest BCUT2D eigenvalue weighted by atomic mass is 79.9. The molecule has 0 amide bonds. The molecule has 0 unspecified atom stereocenters. The van der Waals surface area contributed by atoms with Crippen LogP contribution in [0.25, 0.3) is 0 Å². The van der Waals surface area contributed by atoms with Crippen LogP contribution in [0.5, 0.6) is 0 Å². The quantitative estimate of drug-likeness (QED) is 0.914. The van der Waals surface area contributed by atoms with Crippen molar-refractivity contribution in [2.45, 2.75) is 45.8 Å². The van der Waals surface area contributed by atoms with E-state index in [9.17, 15) is 0 Å². The van der Waals surface area contributed by atoms with Crippen LogP contribution in [0.15, 0.2) is 22.8 Å². The van der Waals surface area contributed by atoms with E-state index in [0.29, 0.717) is 0 Å². The maximum atomic E-state index is 4.65. The lowest BCUT2D eigenvalue weighted by Crippen LogP contribution is -2.16. The van der Waals surface area contributed by atoms with E-state index < -0.39 is 0 Å². The molecule has 2 aromatic rings. The van der Waals surface area contributed by atoms with Gasteiger partial charge in [-0.25, -0.2) is 0 Å². The Morgan fingerprint density at radius 1 is 1.35 bits per heavy atom. The lowest BCUT2D eigenvalue weighted by molar-refractivity contribution is 0.641. The third kappa shape index (κ3) is 3.10. The lowest BCUT2D eigenvalue weighted by Gasteiger charge is -2.06. The van der Waals surface area contributed by atoms with Gasteiger partial charge in [-0.2, -0.15) is 5.10 Å². The van der Waals surface area contributed by atoms with E-state index in [0.717, 1.165) is 35.0 Å². The Bertz CT molecular complexity index is 599. The van der Waals surface area contributed by atoms with Gasteiger partial charge in [0.2, 0.25) is 0 Å². The van der Waals surface area contributed by atoms with Crippen molar-refractivity contribution in [3.63, 3.8) is 0 Å². The van der Waals surface area contributed by atoms with E-state index in [2.05, 4.69) is 49.9 Å². The summed E-state index contributed by atoms with van der Waals surface area (Å²) in [6.07, 6.45) is 4.46. The van der Waals surface area contributed by atoms with Gasteiger partial charge in [-0.1, -0.05) is 0 Å². The van der Waals surface area contributed by atoms with Gasteiger partial charge in [0.1, 0.15) is 0 Å². The molecule has 5 heteroatoms. The Morgan fingerprint density at radius 2 is 2.15 bits per heavy atom. The Morgan fingerprint density at radius 3 is 2.80 bits per heavy atom. The summed E-state index contributed by atoms with van der Waals surface area (Å²) in [5, 5.41) is 8.22. The Kier molecular flexibility index (Phi) is 3.89. The fraction of sp³-hybridized carbons (Fsp3) is 0.467. The molecule has 0 saturated heterocycles. The van der Waals surface area contributed by atoms with Crippen LogP contribution in [0.3, 0.4) is 0 Å². The highest BCUT2D eigenvalue weighted by Gasteiger charge is 2.21. The van der Waals surface area contributed by atoms with E-state index >= 15 is 0 Å². The molecule has 1 N–H and O–H groups in total. The van der Waals surface area contributed by atoms with Crippen LogP contribution < -0.4 is 5.32 Å². The first-order chi connectivity index (χ1) is 9.63. The first kappa shape index (κ1) is 13.8. The smallest absolute Gasteiger partial charge is 0.0834 e. The second-order valence-electron chi connectivity index (χ2n) is 5.43. The number of rotatable bonds is 5. The molecule has 2 heterocycles. The van der Waals surface area contributed by atoms with Crippen molar-refractivity contribution < 1.29 is 0 Å². The molecule has 0 aromatic carbocycles. The summed E-state index contributed by atoms with van der Waals surface area (Å²) < 4.78 is 3.05. The predicted molar refractivity (Wildman–Crippen MR) is 82.6 cm³/mol. The minimum absolute atomic E-state index is 0.726. The van der Waals surface area contributed by atoms with Gasteiger partial charge in [-0.05, 0) is 54.8 Å². The molecule has 20 heavy (non-hydrogen) atoms. The fourth-order valence-corrected chi connectivity index (χ4v) is 2.57. The normalized spacial score (nSPS) is 14.8. The van der Waals surface area contributed by atoms with Gasteiger partial charge < -0.3 is 5.32 Å². The van der Waals surface area contributed by atoms with Gasteiger partial charge in [0.05, 0.1) is 17.9 Å². The van der Waals surface area contributed by atoms with Gasteiger partial charge in [0, 0.05) is 34.5 Å². The van der Waals surface area contributed by atoms with Crippen LogP contribution in [0.2, 0.25) is 0 Å². The van der Waals surface area contributed by atoms with E-state index in [1.807, 2.05) is 18.3 Å². The summed E-state index contributed by atoms with van der Waals surface area (Å²) >= 11 is 3.41. The molecule has 0 aliphatic heterocycles. The van der Waals surface area contributed by atoms with Crippen LogP contribution in [-0.2, 0) is 13.1 Å². The second kappa shape index (κ2) is 5.66. The van der Waals surface area contributed by atoms with Crippen LogP contribution in [0.1, 0.15) is 35.5 Å². The Balaban J connectivity index is 1.75. The number of aromatic nitrogens is 3. The number of hydrogen-bond acceptors (Lipinski definition) is 3. The highest BCUT2D eigenvalue weighted by molar-refractivity contribution is 9.10. The second-order valence-corrected chi connectivity index (χ2v) is 6.35. The minimum atomic E-state index is 0.726. The molecule has 1 aliphatic carbocycles. The average Bonchev–Trinajstić information content (AvgIpc) is 3.20. The van der Waals surface area contributed by atoms with Crippen molar-refractivity contribution in [2.24, 2.45) is 0 Å². The summed E-state index contributed by atoms with van der Waals surface area (Å²) in [6, 6.07) is 4.77. The number of nitrogens with one attached hydrogen (secondary N) is 1. The maximum absolute atomic E-state index is 4.65. The summed E-state index contributed by atoms with van der Waals surface area (Å²) in [6.45, 7) is 5.88. The molecule has 2 aromatic heterocycles. The monoisotopic (exact) mass is 334 g/mol. The Labute approximate surface area is 127 Å². The summed E-state index contributed by atoms with van der Waals surface area (Å²) in [5.41, 5.74) is 4.71. The largest absolute Gasteiger partial charge is 0.310 e. The van der Waals surface area contributed by atoms with E-state index in [1.54, 1.807) is 0 Å². The first-order valence-corrected chi connectivity index (χ1v) is 7.79. The van der Waals surface area contributed by atoms with Crippen LogP contribution >= 0.6 is 15.9 Å². The average molecular weight is 335 g/mol. The highest BCUT2D eigenvalue weighted by Crippen LogP contribution is 2.21. The lowest BCUT2D eigenvalue weighted by atomic mass is 10.2. The third-order valence-electron chi connectivity index (χ3n) is 3.78. The number of pyridine rings is 1. The molecule has 106 valence electrons. The summed E-state index contributed by atoms with van der Waals surface area (Å²) in [4.78, 5) is 4.41. The molecule has 1 saturated carbocycles. The molecule has 0 radical (unpaired) electrons. The zero-order valence-corrected chi connectivity index (χ0v) is 13.4. The van der Waals surface area contributed by atoms with Gasteiger partial charge in [0.15, 0.2) is 0 Å². The van der Waals surface area contributed by atoms with Gasteiger partial charge in [0.25, 0.3) is 0 Å². The van der Waals surface area contributed by atoms with Crippen molar-refractivity contribution >= 4 is 15.9 Å². The molecule has 1 aliphatic rings. The van der Waals surface area contributed by atoms with Crippen molar-refractivity contribution in [1.82, 2.24) is 20.1 Å². The molecule has 0 atom stereocenters. The van der Waals surface area contributed by atoms with E-state index in [-0.39, 0.29) is 0 Å². The van der Waals surface area contributed by atoms with Crippen LogP contribution in [0, 0.1) is 13.8 Å². The van der Waals surface area contributed by atoms with Crippen molar-refractivity contribution in [3.8, 4) is 0 Å². The zero-order chi connectivity index (χ0) is 14.1. The molecule has 4 nitrogen and oxygen atoms in total. The molecular weight excluding hydrogens is 316 g/mol. The third-order valence-corrected chi connectivity index (χ3v) is 4.25. The Hall–Kier alpha value is -1.20. The molecule has 1 fully saturated rings. The van der Waals surface area contributed by atoms with Crippen LogP contribution in [0.4, 0.5) is 0 Å². The number of aryl methyl sites for hydroxylation is 1.